The van der Waals surface area contributed by atoms with E-state index in [0.717, 1.165) is 17.4 Å². The minimum absolute atomic E-state index is 0.135. The molecule has 0 unspecified atom stereocenters. The maximum absolute atomic E-state index is 12.1. The minimum Gasteiger partial charge on any atom is -0.352 e. The summed E-state index contributed by atoms with van der Waals surface area (Å²) in [5.41, 5.74) is 2.47. The molecule has 2 aromatic rings. The van der Waals surface area contributed by atoms with Crippen LogP contribution >= 0.6 is 23.2 Å². The number of anilines is 1. The third-order valence-electron chi connectivity index (χ3n) is 4.08. The highest BCUT2D eigenvalue weighted by Gasteiger charge is 2.20. The van der Waals surface area contributed by atoms with Crippen LogP contribution in [0.3, 0.4) is 0 Å². The Hall–Kier alpha value is -1.76. The second kappa shape index (κ2) is 9.44. The fraction of sp³-hybridized carbons (Fsp3) is 0.316. The SMILES string of the molecule is Cc1ccccc1CNC(=O)CCCN(c1cc(Cl)ccc1Cl)S(C)(=O)=O. The Bertz CT molecular complexity index is 917. The highest BCUT2D eigenvalue weighted by Crippen LogP contribution is 2.30. The van der Waals surface area contributed by atoms with Gasteiger partial charge in [0, 0.05) is 24.5 Å². The van der Waals surface area contributed by atoms with Crippen LogP contribution in [0.4, 0.5) is 5.69 Å². The van der Waals surface area contributed by atoms with E-state index in [2.05, 4.69) is 5.32 Å². The van der Waals surface area contributed by atoms with E-state index in [4.69, 9.17) is 23.2 Å². The molecule has 0 saturated carbocycles. The van der Waals surface area contributed by atoms with E-state index in [9.17, 15) is 13.2 Å². The maximum atomic E-state index is 12.1. The van der Waals surface area contributed by atoms with Crippen molar-refractivity contribution in [3.8, 4) is 0 Å². The van der Waals surface area contributed by atoms with Gasteiger partial charge >= 0.3 is 0 Å². The number of rotatable bonds is 8. The van der Waals surface area contributed by atoms with E-state index in [1.54, 1.807) is 12.1 Å². The van der Waals surface area contributed by atoms with Gasteiger partial charge in [0.15, 0.2) is 0 Å². The lowest BCUT2D eigenvalue weighted by Gasteiger charge is -2.23. The number of aryl methyl sites for hydroxylation is 1. The van der Waals surface area contributed by atoms with Crippen LogP contribution in [0.25, 0.3) is 0 Å². The molecule has 0 aromatic heterocycles. The molecule has 27 heavy (non-hydrogen) atoms. The van der Waals surface area contributed by atoms with Crippen LogP contribution < -0.4 is 9.62 Å². The van der Waals surface area contributed by atoms with Crippen LogP contribution in [-0.2, 0) is 21.4 Å². The second-order valence-corrected chi connectivity index (χ2v) is 8.99. The number of carbonyl (C=O) groups excluding carboxylic acids is 1. The summed E-state index contributed by atoms with van der Waals surface area (Å²) in [4.78, 5) is 12.1. The van der Waals surface area contributed by atoms with Crippen molar-refractivity contribution in [1.82, 2.24) is 5.32 Å². The smallest absolute Gasteiger partial charge is 0.232 e. The number of carbonyl (C=O) groups is 1. The topological polar surface area (TPSA) is 66.5 Å². The molecule has 0 radical (unpaired) electrons. The first-order valence-electron chi connectivity index (χ1n) is 8.42. The van der Waals surface area contributed by atoms with Gasteiger partial charge in [0.25, 0.3) is 0 Å². The summed E-state index contributed by atoms with van der Waals surface area (Å²) in [6.45, 7) is 2.57. The van der Waals surface area contributed by atoms with Crippen molar-refractivity contribution in [3.05, 3.63) is 63.6 Å². The summed E-state index contributed by atoms with van der Waals surface area (Å²) in [5, 5.41) is 3.53. The predicted octanol–water partition coefficient (Wildman–Crippen LogP) is 4.16. The van der Waals surface area contributed by atoms with Gasteiger partial charge in [-0.2, -0.15) is 0 Å². The van der Waals surface area contributed by atoms with Gasteiger partial charge in [-0.1, -0.05) is 47.5 Å². The maximum Gasteiger partial charge on any atom is 0.232 e. The zero-order valence-corrected chi connectivity index (χ0v) is 17.5. The fourth-order valence-electron chi connectivity index (χ4n) is 2.62. The molecular formula is C19H22Cl2N2O3S. The quantitative estimate of drug-likeness (QED) is 0.685. The molecule has 0 saturated heterocycles. The zero-order valence-electron chi connectivity index (χ0n) is 15.2. The summed E-state index contributed by atoms with van der Waals surface area (Å²) in [6, 6.07) is 12.5. The number of halogens is 2. The predicted molar refractivity (Wildman–Crippen MR) is 111 cm³/mol. The van der Waals surface area contributed by atoms with Gasteiger partial charge in [0.2, 0.25) is 15.9 Å². The largest absolute Gasteiger partial charge is 0.352 e. The Kier molecular flexibility index (Phi) is 7.53. The van der Waals surface area contributed by atoms with Crippen molar-refractivity contribution in [1.29, 1.82) is 0 Å². The van der Waals surface area contributed by atoms with Crippen molar-refractivity contribution < 1.29 is 13.2 Å². The lowest BCUT2D eigenvalue weighted by Crippen LogP contribution is -2.32. The van der Waals surface area contributed by atoms with Crippen molar-refractivity contribution in [2.75, 3.05) is 17.1 Å². The van der Waals surface area contributed by atoms with Crippen LogP contribution in [0.1, 0.15) is 24.0 Å². The molecule has 0 spiro atoms. The second-order valence-electron chi connectivity index (χ2n) is 6.24. The van der Waals surface area contributed by atoms with E-state index < -0.39 is 10.0 Å². The molecule has 2 rings (SSSR count). The third-order valence-corrected chi connectivity index (χ3v) is 5.81. The van der Waals surface area contributed by atoms with E-state index in [1.807, 2.05) is 31.2 Å². The number of nitrogens with zero attached hydrogens (tertiary/aromatic N) is 1. The highest BCUT2D eigenvalue weighted by atomic mass is 35.5. The standard InChI is InChI=1S/C19H22Cl2N2O3S/c1-14-6-3-4-7-15(14)13-22-19(24)8-5-11-23(27(2,25)26)18-12-16(20)9-10-17(18)21/h3-4,6-7,9-10,12H,5,8,11,13H2,1-2H3,(H,22,24). The van der Waals surface area contributed by atoms with Crippen LogP contribution in [0.15, 0.2) is 42.5 Å². The first kappa shape index (κ1) is 21.5. The van der Waals surface area contributed by atoms with Crippen molar-refractivity contribution in [2.24, 2.45) is 0 Å². The van der Waals surface area contributed by atoms with Crippen molar-refractivity contribution in [2.45, 2.75) is 26.3 Å². The molecule has 1 amide bonds. The number of benzene rings is 2. The van der Waals surface area contributed by atoms with Crippen molar-refractivity contribution >= 4 is 44.8 Å². The van der Waals surface area contributed by atoms with Gasteiger partial charge in [0.1, 0.15) is 0 Å². The van der Waals surface area contributed by atoms with Gasteiger partial charge in [-0.15, -0.1) is 0 Å². The fourth-order valence-corrected chi connectivity index (χ4v) is 4.02. The molecule has 0 heterocycles. The Labute approximate surface area is 170 Å². The zero-order chi connectivity index (χ0) is 20.0. The van der Waals surface area contributed by atoms with Crippen LogP contribution in [-0.4, -0.2) is 27.1 Å². The van der Waals surface area contributed by atoms with Crippen LogP contribution in [0.5, 0.6) is 0 Å². The lowest BCUT2D eigenvalue weighted by molar-refractivity contribution is -0.121. The van der Waals surface area contributed by atoms with E-state index in [0.29, 0.717) is 23.7 Å². The molecule has 8 heteroatoms. The highest BCUT2D eigenvalue weighted by molar-refractivity contribution is 7.92. The molecule has 146 valence electrons. The number of nitrogens with one attached hydrogen (secondary N) is 1. The molecule has 0 aliphatic heterocycles. The molecule has 1 N–H and O–H groups in total. The molecule has 0 fully saturated rings. The normalized spacial score (nSPS) is 11.3. The van der Waals surface area contributed by atoms with E-state index >= 15 is 0 Å². The molecule has 5 nitrogen and oxygen atoms in total. The number of amides is 1. The minimum atomic E-state index is -3.56. The number of sulfonamides is 1. The lowest BCUT2D eigenvalue weighted by atomic mass is 10.1. The van der Waals surface area contributed by atoms with Gasteiger partial charge in [-0.25, -0.2) is 8.42 Å². The average molecular weight is 429 g/mol. The Balaban J connectivity index is 1.95. The molecule has 0 atom stereocenters. The van der Waals surface area contributed by atoms with Gasteiger partial charge < -0.3 is 5.32 Å². The van der Waals surface area contributed by atoms with Crippen LogP contribution in [0, 0.1) is 6.92 Å². The van der Waals surface area contributed by atoms with Gasteiger partial charge in [-0.05, 0) is 42.7 Å². The summed E-state index contributed by atoms with van der Waals surface area (Å²) < 4.78 is 25.5. The average Bonchev–Trinajstić information content (AvgIpc) is 2.59. The molecule has 0 aliphatic carbocycles. The first-order chi connectivity index (χ1) is 12.7. The Morgan fingerprint density at radius 1 is 1.15 bits per heavy atom. The van der Waals surface area contributed by atoms with E-state index in [-0.39, 0.29) is 23.9 Å². The molecule has 2 aromatic carbocycles. The summed E-state index contributed by atoms with van der Waals surface area (Å²) in [6.07, 6.45) is 1.66. The molecular weight excluding hydrogens is 407 g/mol. The summed E-state index contributed by atoms with van der Waals surface area (Å²) in [7, 11) is -3.56. The third kappa shape index (κ3) is 6.41. The first-order valence-corrected chi connectivity index (χ1v) is 11.0. The van der Waals surface area contributed by atoms with Crippen LogP contribution in [0.2, 0.25) is 10.0 Å². The molecule has 0 aliphatic rings. The van der Waals surface area contributed by atoms with Gasteiger partial charge in [0.05, 0.1) is 17.0 Å². The monoisotopic (exact) mass is 428 g/mol. The van der Waals surface area contributed by atoms with E-state index in [1.165, 1.54) is 10.4 Å². The summed E-state index contributed by atoms with van der Waals surface area (Å²) in [5.74, 6) is -0.135. The number of hydrogen-bond acceptors (Lipinski definition) is 3. The molecule has 0 bridgehead atoms. The number of hydrogen-bond donors (Lipinski definition) is 1. The van der Waals surface area contributed by atoms with Gasteiger partial charge in [-0.3, -0.25) is 9.10 Å². The summed E-state index contributed by atoms with van der Waals surface area (Å²) >= 11 is 12.1. The van der Waals surface area contributed by atoms with Crippen molar-refractivity contribution in [3.63, 3.8) is 0 Å². The Morgan fingerprint density at radius 3 is 2.52 bits per heavy atom. The Morgan fingerprint density at radius 2 is 1.85 bits per heavy atom.